The van der Waals surface area contributed by atoms with Crippen LogP contribution in [0.25, 0.3) is 0 Å². The quantitative estimate of drug-likeness (QED) is 0.524. The molecule has 0 spiro atoms. The highest BCUT2D eigenvalue weighted by atomic mass is 32.2. The third-order valence-electron chi connectivity index (χ3n) is 1.68. The largest absolute Gasteiger partial charge is 0.395 e. The smallest absolute Gasteiger partial charge is 0.0625 e. The van der Waals surface area contributed by atoms with Crippen molar-refractivity contribution < 1.29 is 14.9 Å². The molecule has 0 amide bonds. The fourth-order valence-corrected chi connectivity index (χ4v) is 1.97. The van der Waals surface area contributed by atoms with Crippen molar-refractivity contribution in [3.63, 3.8) is 0 Å². The van der Waals surface area contributed by atoms with Crippen molar-refractivity contribution in [1.82, 2.24) is 0 Å². The maximum Gasteiger partial charge on any atom is 0.0625 e. The second-order valence-corrected chi connectivity index (χ2v) is 4.65. The van der Waals surface area contributed by atoms with Crippen LogP contribution in [0.15, 0.2) is 0 Å². The standard InChI is InChI=1S/C8H19NO3S/c1-6(3-10)13-8(4-11)7(9)5-12-2/h6-8,10-11H,3-5,9H2,1-2H3. The first kappa shape index (κ1) is 13.2. The van der Waals surface area contributed by atoms with Crippen LogP contribution in [-0.2, 0) is 4.74 Å². The summed E-state index contributed by atoms with van der Waals surface area (Å²) in [6, 6.07) is -0.186. The number of ether oxygens (including phenoxy) is 1. The molecule has 13 heavy (non-hydrogen) atoms. The Bertz CT molecular complexity index is 126. The molecule has 0 aromatic heterocycles. The second-order valence-electron chi connectivity index (χ2n) is 2.97. The molecule has 3 atom stereocenters. The van der Waals surface area contributed by atoms with Crippen molar-refractivity contribution in [1.29, 1.82) is 0 Å². The molecule has 0 aliphatic heterocycles. The maximum atomic E-state index is 9.03. The summed E-state index contributed by atoms with van der Waals surface area (Å²) < 4.78 is 4.89. The molecule has 0 saturated heterocycles. The third-order valence-corrected chi connectivity index (χ3v) is 3.14. The van der Waals surface area contributed by atoms with Crippen molar-refractivity contribution >= 4 is 11.8 Å². The van der Waals surface area contributed by atoms with Gasteiger partial charge in [0.15, 0.2) is 0 Å². The van der Waals surface area contributed by atoms with Gasteiger partial charge in [0.1, 0.15) is 0 Å². The molecule has 0 aliphatic rings. The van der Waals surface area contributed by atoms with E-state index in [1.54, 1.807) is 7.11 Å². The topological polar surface area (TPSA) is 75.7 Å². The van der Waals surface area contributed by atoms with Crippen LogP contribution in [0.1, 0.15) is 6.92 Å². The maximum absolute atomic E-state index is 9.03. The predicted octanol–water partition coefficient (Wildman–Crippen LogP) is -0.565. The van der Waals surface area contributed by atoms with Crippen LogP contribution in [0.2, 0.25) is 0 Å². The van der Waals surface area contributed by atoms with Gasteiger partial charge in [-0.15, -0.1) is 11.8 Å². The number of rotatable bonds is 7. The summed E-state index contributed by atoms with van der Waals surface area (Å²) in [5, 5.41) is 17.9. The zero-order chi connectivity index (χ0) is 10.3. The Hall–Kier alpha value is 0.190. The lowest BCUT2D eigenvalue weighted by molar-refractivity contribution is 0.167. The molecule has 0 fully saturated rings. The molecule has 80 valence electrons. The van der Waals surface area contributed by atoms with Gasteiger partial charge >= 0.3 is 0 Å². The lowest BCUT2D eigenvalue weighted by Gasteiger charge is -2.23. The molecule has 0 bridgehead atoms. The average Bonchev–Trinajstić information content (AvgIpc) is 2.14. The van der Waals surface area contributed by atoms with Gasteiger partial charge in [0.25, 0.3) is 0 Å². The van der Waals surface area contributed by atoms with Crippen LogP contribution in [0.5, 0.6) is 0 Å². The van der Waals surface area contributed by atoms with E-state index in [2.05, 4.69) is 0 Å². The summed E-state index contributed by atoms with van der Waals surface area (Å²) in [5.74, 6) is 0. The van der Waals surface area contributed by atoms with Gasteiger partial charge in [0.05, 0.1) is 19.8 Å². The van der Waals surface area contributed by atoms with Crippen molar-refractivity contribution in [2.24, 2.45) is 5.73 Å². The molecule has 0 aromatic carbocycles. The summed E-state index contributed by atoms with van der Waals surface area (Å²) >= 11 is 1.49. The first-order chi connectivity index (χ1) is 6.15. The van der Waals surface area contributed by atoms with E-state index in [4.69, 9.17) is 20.7 Å². The van der Waals surface area contributed by atoms with E-state index in [0.29, 0.717) is 6.61 Å². The predicted molar refractivity (Wildman–Crippen MR) is 54.9 cm³/mol. The summed E-state index contributed by atoms with van der Waals surface area (Å²) in [4.78, 5) is 0. The van der Waals surface area contributed by atoms with Crippen molar-refractivity contribution in [3.8, 4) is 0 Å². The van der Waals surface area contributed by atoms with Crippen LogP contribution in [0.3, 0.4) is 0 Å². The SMILES string of the molecule is COCC(N)C(CO)SC(C)CO. The van der Waals surface area contributed by atoms with Gasteiger partial charge in [-0.2, -0.15) is 0 Å². The van der Waals surface area contributed by atoms with E-state index in [0.717, 1.165) is 0 Å². The molecule has 0 radical (unpaired) electrons. The highest BCUT2D eigenvalue weighted by Gasteiger charge is 2.19. The van der Waals surface area contributed by atoms with Crippen molar-refractivity contribution in [2.75, 3.05) is 26.9 Å². The summed E-state index contributed by atoms with van der Waals surface area (Å²) in [5.41, 5.74) is 5.75. The first-order valence-corrected chi connectivity index (χ1v) is 5.21. The van der Waals surface area contributed by atoms with Gasteiger partial charge < -0.3 is 20.7 Å². The number of hydrogen-bond acceptors (Lipinski definition) is 5. The van der Waals surface area contributed by atoms with Crippen LogP contribution >= 0.6 is 11.8 Å². The minimum atomic E-state index is -0.186. The summed E-state index contributed by atoms with van der Waals surface area (Å²) in [6.45, 7) is 2.43. The Morgan fingerprint density at radius 2 is 2.00 bits per heavy atom. The molecule has 0 heterocycles. The molecular weight excluding hydrogens is 190 g/mol. The first-order valence-electron chi connectivity index (χ1n) is 4.27. The number of nitrogens with two attached hydrogens (primary N) is 1. The molecule has 0 rings (SSSR count). The van der Waals surface area contributed by atoms with Crippen LogP contribution in [0.4, 0.5) is 0 Å². The van der Waals surface area contributed by atoms with E-state index >= 15 is 0 Å². The second kappa shape index (κ2) is 7.58. The Labute approximate surface area is 83.5 Å². The fourth-order valence-electron chi connectivity index (χ4n) is 0.921. The lowest BCUT2D eigenvalue weighted by Crippen LogP contribution is -2.40. The van der Waals surface area contributed by atoms with Crippen LogP contribution < -0.4 is 5.73 Å². The fraction of sp³-hybridized carbons (Fsp3) is 1.00. The Balaban J connectivity index is 3.86. The number of thioether (sulfide) groups is 1. The van der Waals surface area contributed by atoms with E-state index < -0.39 is 0 Å². The monoisotopic (exact) mass is 209 g/mol. The zero-order valence-electron chi connectivity index (χ0n) is 8.14. The summed E-state index contributed by atoms with van der Waals surface area (Å²) in [7, 11) is 1.58. The van der Waals surface area contributed by atoms with Crippen LogP contribution in [0, 0.1) is 0 Å². The van der Waals surface area contributed by atoms with E-state index in [9.17, 15) is 0 Å². The summed E-state index contributed by atoms with van der Waals surface area (Å²) in [6.07, 6.45) is 0. The molecule has 0 saturated carbocycles. The Morgan fingerprint density at radius 1 is 1.38 bits per heavy atom. The number of aliphatic hydroxyl groups is 2. The van der Waals surface area contributed by atoms with E-state index in [1.165, 1.54) is 11.8 Å². The molecule has 0 aromatic rings. The third kappa shape index (κ3) is 5.49. The number of aliphatic hydroxyl groups excluding tert-OH is 2. The minimum Gasteiger partial charge on any atom is -0.395 e. The van der Waals surface area contributed by atoms with Gasteiger partial charge in [0.2, 0.25) is 0 Å². The van der Waals surface area contributed by atoms with Crippen molar-refractivity contribution in [3.05, 3.63) is 0 Å². The van der Waals surface area contributed by atoms with E-state index in [1.807, 2.05) is 6.92 Å². The molecule has 0 aliphatic carbocycles. The number of hydrogen-bond donors (Lipinski definition) is 3. The number of methoxy groups -OCH3 is 1. The van der Waals surface area contributed by atoms with Gasteiger partial charge in [0, 0.05) is 23.7 Å². The highest BCUT2D eigenvalue weighted by molar-refractivity contribution is 8.00. The zero-order valence-corrected chi connectivity index (χ0v) is 8.96. The highest BCUT2D eigenvalue weighted by Crippen LogP contribution is 2.19. The minimum absolute atomic E-state index is 0.0134. The average molecular weight is 209 g/mol. The lowest BCUT2D eigenvalue weighted by atomic mass is 10.2. The molecule has 5 heteroatoms. The van der Waals surface area contributed by atoms with Gasteiger partial charge in [-0.05, 0) is 0 Å². The Morgan fingerprint density at radius 3 is 2.38 bits per heavy atom. The van der Waals surface area contributed by atoms with Gasteiger partial charge in [-0.1, -0.05) is 6.92 Å². The van der Waals surface area contributed by atoms with Gasteiger partial charge in [-0.25, -0.2) is 0 Å². The normalized spacial score (nSPS) is 18.2. The molecule has 3 unspecified atom stereocenters. The van der Waals surface area contributed by atoms with Crippen molar-refractivity contribution in [2.45, 2.75) is 23.5 Å². The molecular formula is C8H19NO3S. The van der Waals surface area contributed by atoms with Gasteiger partial charge in [-0.3, -0.25) is 0 Å². The molecule has 4 nitrogen and oxygen atoms in total. The Kier molecular flexibility index (Phi) is 7.69. The van der Waals surface area contributed by atoms with E-state index in [-0.39, 0.29) is 29.8 Å². The molecule has 4 N–H and O–H groups in total. The van der Waals surface area contributed by atoms with Crippen LogP contribution in [-0.4, -0.2) is 53.7 Å².